The number of ether oxygens (including phenoxy) is 1. The first-order valence-electron chi connectivity index (χ1n) is 12.6. The van der Waals surface area contributed by atoms with Crippen LogP contribution in [0.25, 0.3) is 10.9 Å². The Kier molecular flexibility index (Phi) is 7.28. The van der Waals surface area contributed by atoms with Crippen molar-refractivity contribution in [2.75, 3.05) is 23.8 Å². The van der Waals surface area contributed by atoms with Crippen LogP contribution in [0.1, 0.15) is 34.5 Å². The summed E-state index contributed by atoms with van der Waals surface area (Å²) < 4.78 is 76.5. The maximum absolute atomic E-state index is 14.2. The zero-order chi connectivity index (χ0) is 30.3. The van der Waals surface area contributed by atoms with Gasteiger partial charge in [0.05, 0.1) is 65.4 Å². The minimum Gasteiger partial charge on any atom is -0.377 e. The minimum atomic E-state index is -4.68. The van der Waals surface area contributed by atoms with Crippen molar-refractivity contribution in [2.24, 2.45) is 0 Å². The van der Waals surface area contributed by atoms with Crippen molar-refractivity contribution in [1.29, 1.82) is 5.26 Å². The molecule has 0 amide bonds. The molecule has 1 fully saturated rings. The lowest BCUT2D eigenvalue weighted by Gasteiger charge is -2.26. The van der Waals surface area contributed by atoms with E-state index in [9.17, 15) is 27.2 Å². The fourth-order valence-corrected chi connectivity index (χ4v) is 4.90. The number of nitriles is 1. The molecule has 3 aromatic heterocycles. The van der Waals surface area contributed by atoms with Crippen LogP contribution in [0.4, 0.5) is 39.0 Å². The standard InChI is InChI=1S/C28H18ClF5N8O/c29-15-5-19-24(38-16-7-21(30)27(31)37-10-16)14(8-35)9-36-25(19)22(6-15)39-26(18-3-1-2-4-20(18)28(32,33)34)23-11-42(41-40-23)17-12-43-13-17/h1-7,9-11,17,26,39H,12-13H2,(H,36,38)/t26-/m0/s1. The van der Waals surface area contributed by atoms with E-state index in [0.29, 0.717) is 13.2 Å². The number of pyridine rings is 2. The van der Waals surface area contributed by atoms with Gasteiger partial charge in [-0.3, -0.25) is 4.98 Å². The normalized spacial score (nSPS) is 14.3. The number of anilines is 3. The Hall–Kier alpha value is -4.87. The number of alkyl halides is 3. The summed E-state index contributed by atoms with van der Waals surface area (Å²) in [5.41, 5.74) is -0.169. The zero-order valence-corrected chi connectivity index (χ0v) is 22.5. The molecule has 2 aromatic carbocycles. The topological polar surface area (TPSA) is 114 Å². The van der Waals surface area contributed by atoms with Gasteiger partial charge in [-0.15, -0.1) is 5.10 Å². The molecule has 0 radical (unpaired) electrons. The van der Waals surface area contributed by atoms with Crippen molar-refractivity contribution in [1.82, 2.24) is 25.0 Å². The largest absolute Gasteiger partial charge is 0.416 e. The van der Waals surface area contributed by atoms with Gasteiger partial charge >= 0.3 is 6.18 Å². The van der Waals surface area contributed by atoms with Crippen LogP contribution in [0.15, 0.2) is 61.1 Å². The van der Waals surface area contributed by atoms with E-state index >= 15 is 0 Å². The Labute approximate surface area is 244 Å². The van der Waals surface area contributed by atoms with Crippen LogP contribution >= 0.6 is 11.6 Å². The summed E-state index contributed by atoms with van der Waals surface area (Å²) in [7, 11) is 0. The van der Waals surface area contributed by atoms with Gasteiger partial charge in [0.2, 0.25) is 5.95 Å². The number of rotatable bonds is 7. The van der Waals surface area contributed by atoms with Gasteiger partial charge < -0.3 is 15.4 Å². The predicted molar refractivity (Wildman–Crippen MR) is 146 cm³/mol. The van der Waals surface area contributed by atoms with E-state index in [1.54, 1.807) is 6.20 Å². The number of benzene rings is 2. The van der Waals surface area contributed by atoms with Crippen LogP contribution in [0, 0.1) is 23.1 Å². The molecule has 5 aromatic rings. The predicted octanol–water partition coefficient (Wildman–Crippen LogP) is 6.56. The fraction of sp³-hybridized carbons (Fsp3) is 0.179. The number of halogens is 6. The summed E-state index contributed by atoms with van der Waals surface area (Å²) in [6.45, 7) is 0.792. The summed E-state index contributed by atoms with van der Waals surface area (Å²) in [4.78, 5) is 7.73. The van der Waals surface area contributed by atoms with Crippen molar-refractivity contribution in [3.8, 4) is 6.07 Å². The number of aromatic nitrogens is 5. The second kappa shape index (κ2) is 11.1. The molecule has 0 unspecified atom stereocenters. The van der Waals surface area contributed by atoms with E-state index in [1.165, 1.54) is 41.2 Å². The van der Waals surface area contributed by atoms with E-state index < -0.39 is 29.5 Å². The second-order valence-corrected chi connectivity index (χ2v) is 10.0. The molecule has 4 heterocycles. The third-order valence-corrected chi connectivity index (χ3v) is 7.04. The molecular weight excluding hydrogens is 595 g/mol. The molecule has 43 heavy (non-hydrogen) atoms. The van der Waals surface area contributed by atoms with Gasteiger partial charge in [-0.25, -0.2) is 14.1 Å². The number of fused-ring (bicyclic) bond motifs is 1. The first-order valence-corrected chi connectivity index (χ1v) is 13.0. The van der Waals surface area contributed by atoms with Crippen LogP contribution in [-0.2, 0) is 10.9 Å². The minimum absolute atomic E-state index is 0.0333. The maximum atomic E-state index is 14.2. The quantitative estimate of drug-likeness (QED) is 0.157. The highest BCUT2D eigenvalue weighted by atomic mass is 35.5. The molecule has 9 nitrogen and oxygen atoms in total. The smallest absolute Gasteiger partial charge is 0.377 e. The zero-order valence-electron chi connectivity index (χ0n) is 21.7. The lowest BCUT2D eigenvalue weighted by molar-refractivity contribution is -0.138. The summed E-state index contributed by atoms with van der Waals surface area (Å²) in [5, 5.41) is 24.4. The molecule has 1 atom stereocenters. The van der Waals surface area contributed by atoms with E-state index in [1.807, 2.05) is 6.07 Å². The third-order valence-electron chi connectivity index (χ3n) is 6.82. The molecule has 0 bridgehead atoms. The van der Waals surface area contributed by atoms with E-state index in [2.05, 4.69) is 30.9 Å². The van der Waals surface area contributed by atoms with Crippen LogP contribution in [0.2, 0.25) is 5.02 Å². The first-order chi connectivity index (χ1) is 20.6. The number of hydrogen-bond acceptors (Lipinski definition) is 8. The van der Waals surface area contributed by atoms with Crippen molar-refractivity contribution in [2.45, 2.75) is 18.3 Å². The van der Waals surface area contributed by atoms with Crippen LogP contribution in [0.3, 0.4) is 0 Å². The second-order valence-electron chi connectivity index (χ2n) is 9.61. The monoisotopic (exact) mass is 612 g/mol. The average Bonchev–Trinajstić information content (AvgIpc) is 3.41. The van der Waals surface area contributed by atoms with Gasteiger partial charge in [-0.1, -0.05) is 35.0 Å². The van der Waals surface area contributed by atoms with Crippen molar-refractivity contribution in [3.05, 3.63) is 100 Å². The molecule has 15 heteroatoms. The van der Waals surface area contributed by atoms with Crippen LogP contribution < -0.4 is 10.6 Å². The Balaban J connectivity index is 1.49. The molecule has 0 aliphatic carbocycles. The van der Waals surface area contributed by atoms with Crippen molar-refractivity contribution in [3.63, 3.8) is 0 Å². The molecule has 1 aliphatic rings. The highest BCUT2D eigenvalue weighted by Gasteiger charge is 2.36. The van der Waals surface area contributed by atoms with Crippen LogP contribution in [0.5, 0.6) is 0 Å². The summed E-state index contributed by atoms with van der Waals surface area (Å²) in [5.74, 6) is -2.51. The lowest BCUT2D eigenvalue weighted by Crippen LogP contribution is -2.31. The van der Waals surface area contributed by atoms with Crippen molar-refractivity contribution < 1.29 is 26.7 Å². The molecule has 1 saturated heterocycles. The van der Waals surface area contributed by atoms with Crippen molar-refractivity contribution >= 4 is 39.6 Å². The van der Waals surface area contributed by atoms with Gasteiger partial charge in [0.15, 0.2) is 5.82 Å². The van der Waals surface area contributed by atoms with Crippen LogP contribution in [-0.4, -0.2) is 38.2 Å². The van der Waals surface area contributed by atoms with Gasteiger partial charge in [0, 0.05) is 22.7 Å². The molecule has 218 valence electrons. The number of nitrogens with zero attached hydrogens (tertiary/aromatic N) is 6. The Morgan fingerprint density at radius 3 is 2.58 bits per heavy atom. The maximum Gasteiger partial charge on any atom is 0.416 e. The first kappa shape index (κ1) is 28.3. The van der Waals surface area contributed by atoms with E-state index in [0.717, 1.165) is 18.3 Å². The van der Waals surface area contributed by atoms with Gasteiger partial charge in [-0.05, 0) is 23.8 Å². The molecule has 0 spiro atoms. The Bertz CT molecular complexity index is 1890. The molecule has 1 aliphatic heterocycles. The summed E-state index contributed by atoms with van der Waals surface area (Å²) in [6.07, 6.45) is -0.853. The average molecular weight is 613 g/mol. The highest BCUT2D eigenvalue weighted by molar-refractivity contribution is 6.32. The number of nitrogens with one attached hydrogen (secondary N) is 2. The van der Waals surface area contributed by atoms with Gasteiger partial charge in [-0.2, -0.15) is 22.8 Å². The van der Waals surface area contributed by atoms with E-state index in [-0.39, 0.29) is 55.9 Å². The van der Waals surface area contributed by atoms with Gasteiger partial charge in [0.25, 0.3) is 0 Å². The lowest BCUT2D eigenvalue weighted by atomic mass is 9.97. The fourth-order valence-electron chi connectivity index (χ4n) is 4.68. The summed E-state index contributed by atoms with van der Waals surface area (Å²) in [6, 6.07) is 9.61. The molecule has 6 rings (SSSR count). The molecular formula is C28H18ClF5N8O. The van der Waals surface area contributed by atoms with E-state index in [4.69, 9.17) is 16.3 Å². The summed E-state index contributed by atoms with van der Waals surface area (Å²) >= 11 is 6.47. The Morgan fingerprint density at radius 1 is 1.09 bits per heavy atom. The molecule has 2 N–H and O–H groups in total. The highest BCUT2D eigenvalue weighted by Crippen LogP contribution is 2.40. The third kappa shape index (κ3) is 5.52. The van der Waals surface area contributed by atoms with Gasteiger partial charge in [0.1, 0.15) is 17.8 Å². The molecule has 0 saturated carbocycles. The number of hydrogen-bond donors (Lipinski definition) is 2. The SMILES string of the molecule is N#Cc1cnc2c(N[C@H](c3cn(C4COC4)nn3)c3ccccc3C(F)(F)F)cc(Cl)cc2c1Nc1cnc(F)c(F)c1. The Morgan fingerprint density at radius 2 is 1.88 bits per heavy atom.